The molecule has 0 radical (unpaired) electrons. The number of nitrogens with two attached hydrogens (primary N) is 1. The van der Waals surface area contributed by atoms with E-state index < -0.39 is 0 Å². The Kier molecular flexibility index (Phi) is 4.75. The van der Waals surface area contributed by atoms with Gasteiger partial charge in [-0.1, -0.05) is 26.8 Å². The second-order valence-electron chi connectivity index (χ2n) is 6.26. The molecule has 0 aliphatic carbocycles. The van der Waals surface area contributed by atoms with E-state index in [2.05, 4.69) is 0 Å². The van der Waals surface area contributed by atoms with Gasteiger partial charge in [-0.25, -0.2) is 0 Å². The first-order valence-electron chi connectivity index (χ1n) is 6.61. The zero-order valence-electron chi connectivity index (χ0n) is 12.8. The van der Waals surface area contributed by atoms with Crippen molar-refractivity contribution in [3.63, 3.8) is 0 Å². The van der Waals surface area contributed by atoms with E-state index in [9.17, 15) is 4.79 Å². The maximum absolute atomic E-state index is 12.5. The third-order valence-electron chi connectivity index (χ3n) is 3.46. The Bertz CT molecular complexity index is 472. The minimum Gasteiger partial charge on any atom is -0.496 e. The first kappa shape index (κ1) is 15.7. The number of methoxy groups -OCH3 is 1. The van der Waals surface area contributed by atoms with Gasteiger partial charge in [0, 0.05) is 12.5 Å². The molecule has 1 aromatic carbocycles. The molecule has 0 fully saturated rings. The van der Waals surface area contributed by atoms with E-state index in [1.165, 1.54) is 0 Å². The quantitative estimate of drug-likeness (QED) is 0.848. The zero-order valence-corrected chi connectivity index (χ0v) is 12.8. The molecule has 0 aliphatic heterocycles. The molecular weight excluding hydrogens is 238 g/mol. The Hall–Kier alpha value is -1.35. The number of ketones is 1. The summed E-state index contributed by atoms with van der Waals surface area (Å²) in [6.07, 6.45) is 0.337. The summed E-state index contributed by atoms with van der Waals surface area (Å²) in [5.74, 6) is 0.695. The van der Waals surface area contributed by atoms with Crippen LogP contribution in [0.3, 0.4) is 0 Å². The van der Waals surface area contributed by atoms with E-state index in [0.717, 1.165) is 11.1 Å². The van der Waals surface area contributed by atoms with Gasteiger partial charge in [0.25, 0.3) is 0 Å². The Morgan fingerprint density at radius 3 is 2.37 bits per heavy atom. The molecule has 0 saturated heterocycles. The zero-order chi connectivity index (χ0) is 14.8. The highest BCUT2D eigenvalue weighted by molar-refractivity contribution is 6.00. The molecule has 1 aromatic rings. The van der Waals surface area contributed by atoms with Crippen LogP contribution in [-0.4, -0.2) is 18.9 Å². The highest BCUT2D eigenvalue weighted by Crippen LogP contribution is 2.28. The van der Waals surface area contributed by atoms with E-state index in [-0.39, 0.29) is 17.2 Å². The smallest absolute Gasteiger partial charge is 0.168 e. The van der Waals surface area contributed by atoms with E-state index >= 15 is 0 Å². The van der Waals surface area contributed by atoms with Crippen molar-refractivity contribution in [1.29, 1.82) is 0 Å². The summed E-state index contributed by atoms with van der Waals surface area (Å²) in [4.78, 5) is 12.5. The molecule has 1 atom stereocenters. The number of rotatable bonds is 4. The van der Waals surface area contributed by atoms with Crippen molar-refractivity contribution in [2.24, 2.45) is 11.1 Å². The van der Waals surface area contributed by atoms with Crippen molar-refractivity contribution in [2.75, 3.05) is 7.11 Å². The van der Waals surface area contributed by atoms with Gasteiger partial charge in [-0.3, -0.25) is 4.79 Å². The molecule has 1 rings (SSSR count). The largest absolute Gasteiger partial charge is 0.496 e. The predicted molar refractivity (Wildman–Crippen MR) is 78.8 cm³/mol. The minimum absolute atomic E-state index is 0.0526. The third-order valence-corrected chi connectivity index (χ3v) is 3.46. The molecule has 0 amide bonds. The number of carbonyl (C=O) groups excluding carboxylic acids is 1. The molecule has 0 bridgehead atoms. The molecule has 19 heavy (non-hydrogen) atoms. The van der Waals surface area contributed by atoms with Crippen LogP contribution in [0.5, 0.6) is 5.75 Å². The maximum atomic E-state index is 12.5. The van der Waals surface area contributed by atoms with Crippen molar-refractivity contribution in [1.82, 2.24) is 0 Å². The highest BCUT2D eigenvalue weighted by Gasteiger charge is 2.25. The first-order valence-corrected chi connectivity index (χ1v) is 6.61. The summed E-state index contributed by atoms with van der Waals surface area (Å²) in [5, 5.41) is 0. The summed E-state index contributed by atoms with van der Waals surface area (Å²) >= 11 is 0. The lowest BCUT2D eigenvalue weighted by molar-refractivity contribution is 0.0949. The lowest BCUT2D eigenvalue weighted by Gasteiger charge is -2.26. The van der Waals surface area contributed by atoms with Crippen LogP contribution in [0.2, 0.25) is 0 Å². The van der Waals surface area contributed by atoms with E-state index in [1.54, 1.807) is 7.11 Å². The van der Waals surface area contributed by atoms with Gasteiger partial charge in [-0.05, 0) is 36.5 Å². The topological polar surface area (TPSA) is 52.3 Å². The van der Waals surface area contributed by atoms with Crippen LogP contribution in [0, 0.1) is 19.3 Å². The molecule has 0 aliphatic rings. The molecule has 2 N–H and O–H groups in total. The third kappa shape index (κ3) is 3.80. The number of benzene rings is 1. The number of hydrogen-bond donors (Lipinski definition) is 1. The SMILES string of the molecule is COc1cc(C)cc(C)c1C(=O)CC(N)C(C)(C)C. The van der Waals surface area contributed by atoms with Crippen LogP contribution >= 0.6 is 0 Å². The Balaban J connectivity index is 3.07. The Morgan fingerprint density at radius 2 is 1.89 bits per heavy atom. The lowest BCUT2D eigenvalue weighted by atomic mass is 9.83. The van der Waals surface area contributed by atoms with Gasteiger partial charge in [-0.15, -0.1) is 0 Å². The number of Topliss-reactive ketones (excluding diaryl/α,β-unsaturated/α-hetero) is 1. The Labute approximate surface area is 116 Å². The number of ether oxygens (including phenoxy) is 1. The molecule has 0 saturated carbocycles. The average Bonchev–Trinajstić information content (AvgIpc) is 2.25. The second-order valence-corrected chi connectivity index (χ2v) is 6.26. The molecule has 0 spiro atoms. The fourth-order valence-electron chi connectivity index (χ4n) is 2.05. The molecule has 3 heteroatoms. The van der Waals surface area contributed by atoms with Crippen molar-refractivity contribution < 1.29 is 9.53 Å². The summed E-state index contributed by atoms with van der Waals surface area (Å²) in [5.41, 5.74) is 8.71. The van der Waals surface area contributed by atoms with Gasteiger partial charge in [0.15, 0.2) is 5.78 Å². The van der Waals surface area contributed by atoms with Gasteiger partial charge < -0.3 is 10.5 Å². The first-order chi connectivity index (χ1) is 8.66. The Morgan fingerprint density at radius 1 is 1.32 bits per heavy atom. The van der Waals surface area contributed by atoms with Crippen LogP contribution in [0.1, 0.15) is 48.7 Å². The van der Waals surface area contributed by atoms with Crippen LogP contribution < -0.4 is 10.5 Å². The van der Waals surface area contributed by atoms with Gasteiger partial charge >= 0.3 is 0 Å². The highest BCUT2D eigenvalue weighted by atomic mass is 16.5. The fourth-order valence-corrected chi connectivity index (χ4v) is 2.05. The number of aryl methyl sites for hydroxylation is 2. The van der Waals surface area contributed by atoms with Crippen molar-refractivity contribution in [3.8, 4) is 5.75 Å². The van der Waals surface area contributed by atoms with Gasteiger partial charge in [0.1, 0.15) is 5.75 Å². The summed E-state index contributed by atoms with van der Waals surface area (Å²) < 4.78 is 5.33. The van der Waals surface area contributed by atoms with Crippen LogP contribution in [0.15, 0.2) is 12.1 Å². The molecule has 0 aromatic heterocycles. The van der Waals surface area contributed by atoms with Crippen molar-refractivity contribution in [3.05, 3.63) is 28.8 Å². The van der Waals surface area contributed by atoms with E-state index in [0.29, 0.717) is 17.7 Å². The normalized spacial score (nSPS) is 13.2. The lowest BCUT2D eigenvalue weighted by Crippen LogP contribution is -2.37. The second kappa shape index (κ2) is 5.74. The molecule has 3 nitrogen and oxygen atoms in total. The monoisotopic (exact) mass is 263 g/mol. The number of hydrogen-bond acceptors (Lipinski definition) is 3. The minimum atomic E-state index is -0.162. The fraction of sp³-hybridized carbons (Fsp3) is 0.562. The summed E-state index contributed by atoms with van der Waals surface area (Å²) in [6, 6.07) is 3.73. The molecule has 106 valence electrons. The van der Waals surface area contributed by atoms with Gasteiger partial charge in [0.2, 0.25) is 0 Å². The van der Waals surface area contributed by atoms with E-state index in [4.69, 9.17) is 10.5 Å². The van der Waals surface area contributed by atoms with Crippen molar-refractivity contribution in [2.45, 2.75) is 47.1 Å². The standard InChI is InChI=1S/C16H25NO2/c1-10-7-11(2)15(13(8-10)19-6)12(18)9-14(17)16(3,4)5/h7-8,14H,9,17H2,1-6H3. The van der Waals surface area contributed by atoms with Crippen molar-refractivity contribution >= 4 is 5.78 Å². The van der Waals surface area contributed by atoms with Gasteiger partial charge in [0.05, 0.1) is 12.7 Å². The van der Waals surface area contributed by atoms with Crippen LogP contribution in [0.4, 0.5) is 0 Å². The maximum Gasteiger partial charge on any atom is 0.168 e. The summed E-state index contributed by atoms with van der Waals surface area (Å²) in [6.45, 7) is 10.1. The number of carbonyl (C=O) groups is 1. The molecule has 1 unspecified atom stereocenters. The summed E-state index contributed by atoms with van der Waals surface area (Å²) in [7, 11) is 1.59. The van der Waals surface area contributed by atoms with Crippen LogP contribution in [-0.2, 0) is 0 Å². The molecule has 0 heterocycles. The van der Waals surface area contributed by atoms with Gasteiger partial charge in [-0.2, -0.15) is 0 Å². The van der Waals surface area contributed by atoms with Crippen LogP contribution in [0.25, 0.3) is 0 Å². The predicted octanol–water partition coefficient (Wildman–Crippen LogP) is 3.26. The molecular formula is C16H25NO2. The average molecular weight is 263 g/mol. The van der Waals surface area contributed by atoms with E-state index in [1.807, 2.05) is 46.8 Å².